The van der Waals surface area contributed by atoms with Gasteiger partial charge in [0, 0.05) is 0 Å². The number of rotatable bonds is 21. The fourth-order valence-corrected chi connectivity index (χ4v) is 2.50. The molecule has 0 radical (unpaired) electrons. The predicted molar refractivity (Wildman–Crippen MR) is 104 cm³/mol. The van der Waals surface area contributed by atoms with E-state index in [1.54, 1.807) is 0 Å². The maximum absolute atomic E-state index is 7.94. The monoisotopic (exact) mass is 424 g/mol. The minimum absolute atomic E-state index is 0. The summed E-state index contributed by atoms with van der Waals surface area (Å²) in [5.41, 5.74) is 1.24. The van der Waals surface area contributed by atoms with E-state index < -0.39 is 0 Å². The van der Waals surface area contributed by atoms with Crippen molar-refractivity contribution in [2.75, 3.05) is 20.2 Å². The summed E-state index contributed by atoms with van der Waals surface area (Å²) in [5.74, 6) is 0. The van der Waals surface area contributed by atoms with Crippen LogP contribution in [0.2, 0.25) is 0 Å². The fourth-order valence-electron chi connectivity index (χ4n) is 2.50. The Morgan fingerprint density at radius 3 is 1.54 bits per heavy atom. The molecule has 0 fully saturated rings. The Morgan fingerprint density at radius 1 is 0.615 bits per heavy atom. The van der Waals surface area contributed by atoms with Gasteiger partial charge in [0.15, 0.2) is 0 Å². The maximum atomic E-state index is 7.94. The Morgan fingerprint density at radius 2 is 1.08 bits per heavy atom. The van der Waals surface area contributed by atoms with Crippen molar-refractivity contribution in [2.45, 2.75) is 83.5 Å². The lowest BCUT2D eigenvalue weighted by Crippen LogP contribution is -2.10. The number of nitrogens with one attached hydrogen (secondary N) is 2. The second kappa shape index (κ2) is 30.0. The van der Waals surface area contributed by atoms with Gasteiger partial charge < -0.3 is 5.32 Å². The largest absolute Gasteiger partial charge is 0.320 e. The van der Waals surface area contributed by atoms with Gasteiger partial charge >= 0.3 is 0 Å². The van der Waals surface area contributed by atoms with Gasteiger partial charge in [0.2, 0.25) is 0 Å². The Bertz CT molecular complexity index is 213. The van der Waals surface area contributed by atoms with Crippen LogP contribution < -0.4 is 11.0 Å². The third-order valence-electron chi connectivity index (χ3n) is 3.83. The van der Waals surface area contributed by atoms with Gasteiger partial charge in [0.25, 0.3) is 0 Å². The van der Waals surface area contributed by atoms with Gasteiger partial charge in [-0.1, -0.05) is 75.6 Å². The average Bonchev–Trinajstić information content (AvgIpc) is 2.60. The minimum Gasteiger partial charge on any atom is -0.320 e. The second-order valence-electron chi connectivity index (χ2n) is 5.90. The predicted octanol–water partition coefficient (Wildman–Crippen LogP) is 4.76. The molecule has 8 nitrogen and oxygen atoms in total. The first-order valence-electron chi connectivity index (χ1n) is 9.24. The summed E-state index contributed by atoms with van der Waals surface area (Å²) in [6, 6.07) is 0. The molecule has 0 saturated heterocycles. The van der Waals surface area contributed by atoms with Gasteiger partial charge in [-0.15, -0.1) is 24.8 Å². The van der Waals surface area contributed by atoms with E-state index in [0.717, 1.165) is 19.4 Å². The SMILES string of the molecule is CNCCCCCCCCCCCCCCCOOOOONO.Cl.Cl. The molecule has 0 heterocycles. The summed E-state index contributed by atoms with van der Waals surface area (Å²) >= 11 is 0. The van der Waals surface area contributed by atoms with E-state index in [4.69, 9.17) is 5.21 Å². The highest BCUT2D eigenvalue weighted by molar-refractivity contribution is 5.85. The molecule has 3 N–H and O–H groups in total. The van der Waals surface area contributed by atoms with Crippen molar-refractivity contribution in [3.05, 3.63) is 0 Å². The lowest BCUT2D eigenvalue weighted by molar-refractivity contribution is -0.723. The zero-order chi connectivity index (χ0) is 17.6. The third kappa shape index (κ3) is 29.0. The highest BCUT2D eigenvalue weighted by Gasteiger charge is 1.95. The van der Waals surface area contributed by atoms with E-state index in [-0.39, 0.29) is 24.8 Å². The summed E-state index contributed by atoms with van der Waals surface area (Å²) in [4.78, 5) is 8.40. The molecule has 162 valence electrons. The molecule has 0 bridgehead atoms. The van der Waals surface area contributed by atoms with E-state index in [1.165, 1.54) is 76.3 Å². The molecule has 0 atom stereocenters. The second-order valence-corrected chi connectivity index (χ2v) is 5.90. The first-order chi connectivity index (χ1) is 11.9. The van der Waals surface area contributed by atoms with Crippen LogP contribution in [0.25, 0.3) is 0 Å². The van der Waals surface area contributed by atoms with Gasteiger partial charge in [-0.3, -0.25) is 5.21 Å². The Balaban J connectivity index is -0.00000264. The van der Waals surface area contributed by atoms with Crippen LogP contribution in [0.5, 0.6) is 0 Å². The van der Waals surface area contributed by atoms with Crippen molar-refractivity contribution in [1.82, 2.24) is 11.0 Å². The smallest absolute Gasteiger partial charge is 0.0855 e. The summed E-state index contributed by atoms with van der Waals surface area (Å²) in [6.45, 7) is 1.57. The molecule has 0 unspecified atom stereocenters. The first kappa shape index (κ1) is 31.0. The van der Waals surface area contributed by atoms with Crippen molar-refractivity contribution in [2.24, 2.45) is 0 Å². The van der Waals surface area contributed by atoms with Crippen LogP contribution >= 0.6 is 24.8 Å². The lowest BCUT2D eigenvalue weighted by atomic mass is 10.0. The zero-order valence-electron chi connectivity index (χ0n) is 15.9. The lowest BCUT2D eigenvalue weighted by Gasteiger charge is -2.03. The molecule has 0 rings (SSSR count). The van der Waals surface area contributed by atoms with E-state index >= 15 is 0 Å². The number of unbranched alkanes of at least 4 members (excludes halogenated alkanes) is 12. The third-order valence-corrected chi connectivity index (χ3v) is 3.83. The van der Waals surface area contributed by atoms with Crippen molar-refractivity contribution in [3.8, 4) is 0 Å². The molecule has 0 aliphatic rings. The summed E-state index contributed by atoms with van der Waals surface area (Å²) < 4.78 is 0. The van der Waals surface area contributed by atoms with Crippen molar-refractivity contribution in [3.63, 3.8) is 0 Å². The molecule has 10 heteroatoms. The molecule has 0 aromatic heterocycles. The highest BCUT2D eigenvalue weighted by atomic mass is 35.5. The zero-order valence-corrected chi connectivity index (χ0v) is 17.5. The molecule has 0 aromatic carbocycles. The van der Waals surface area contributed by atoms with E-state index in [9.17, 15) is 0 Å². The molecule has 0 aromatic rings. The Hall–Kier alpha value is 0.260. The van der Waals surface area contributed by atoms with Crippen LogP contribution in [-0.4, -0.2) is 25.4 Å². The molecule has 0 spiro atoms. The number of halogens is 2. The van der Waals surface area contributed by atoms with E-state index in [1.807, 2.05) is 7.05 Å². The van der Waals surface area contributed by atoms with Crippen LogP contribution in [0, 0.1) is 0 Å². The molecular formula is C16H38Cl2N2O6. The quantitative estimate of drug-likeness (QED) is 0.138. The summed E-state index contributed by atoms with van der Waals surface area (Å²) in [5, 5.41) is 23.0. The van der Waals surface area contributed by atoms with Crippen molar-refractivity contribution < 1.29 is 30.2 Å². The van der Waals surface area contributed by atoms with E-state index in [0.29, 0.717) is 6.61 Å². The van der Waals surface area contributed by atoms with Crippen molar-refractivity contribution >= 4 is 24.8 Å². The van der Waals surface area contributed by atoms with Gasteiger partial charge in [-0.2, -0.15) is 0 Å². The van der Waals surface area contributed by atoms with Gasteiger partial charge in [-0.25, -0.2) is 4.89 Å². The molecule has 0 aliphatic heterocycles. The Kier molecular flexibility index (Phi) is 35.7. The molecule has 0 amide bonds. The highest BCUT2D eigenvalue weighted by Crippen LogP contribution is 2.12. The van der Waals surface area contributed by atoms with Gasteiger partial charge in [0.05, 0.1) is 6.61 Å². The average molecular weight is 425 g/mol. The summed E-state index contributed by atoms with van der Waals surface area (Å²) in [7, 11) is 2.02. The van der Waals surface area contributed by atoms with Crippen LogP contribution in [0.4, 0.5) is 0 Å². The topological polar surface area (TPSA) is 90.4 Å². The first-order valence-corrected chi connectivity index (χ1v) is 9.24. The fraction of sp³-hybridized carbons (Fsp3) is 1.00. The number of hydrogen-bond acceptors (Lipinski definition) is 8. The molecule has 0 saturated carbocycles. The maximum Gasteiger partial charge on any atom is 0.0855 e. The number of hydrogen-bond donors (Lipinski definition) is 3. The molecular weight excluding hydrogens is 387 g/mol. The van der Waals surface area contributed by atoms with Crippen LogP contribution in [0.1, 0.15) is 83.5 Å². The minimum atomic E-state index is 0. The van der Waals surface area contributed by atoms with Crippen LogP contribution in [-0.2, 0) is 25.0 Å². The van der Waals surface area contributed by atoms with E-state index in [2.05, 4.69) is 30.3 Å². The van der Waals surface area contributed by atoms with Gasteiger partial charge in [-0.05, 0) is 47.2 Å². The standard InChI is InChI=1S/C16H36N2O6.2ClH/c1-17-15-13-11-9-7-5-3-2-4-6-8-10-12-14-16-20-22-24-23-21-18-19;;/h17-19H,2-16H2,1H3;2*1H. The molecule has 26 heavy (non-hydrogen) atoms. The normalized spacial score (nSPS) is 10.4. The molecule has 0 aliphatic carbocycles. The van der Waals surface area contributed by atoms with Crippen LogP contribution in [0.15, 0.2) is 0 Å². The van der Waals surface area contributed by atoms with Crippen LogP contribution in [0.3, 0.4) is 0 Å². The summed E-state index contributed by atoms with van der Waals surface area (Å²) in [6.07, 6.45) is 16.8. The van der Waals surface area contributed by atoms with Crippen molar-refractivity contribution in [1.29, 1.82) is 0 Å². The van der Waals surface area contributed by atoms with Gasteiger partial charge in [0.1, 0.15) is 0 Å². The Labute approximate surface area is 170 Å².